The Morgan fingerprint density at radius 3 is 2.45 bits per heavy atom. The van der Waals surface area contributed by atoms with Crippen LogP contribution in [0.3, 0.4) is 0 Å². The molecule has 0 amide bonds. The maximum absolute atomic E-state index is 11.7. The second-order valence-corrected chi connectivity index (χ2v) is 6.64. The van der Waals surface area contributed by atoms with Gasteiger partial charge in [0.15, 0.2) is 9.84 Å². The van der Waals surface area contributed by atoms with Crippen LogP contribution in [0.4, 0.5) is 5.69 Å². The molecule has 0 radical (unpaired) electrons. The summed E-state index contributed by atoms with van der Waals surface area (Å²) in [5, 5.41) is 14.5. The van der Waals surface area contributed by atoms with Crippen LogP contribution in [0.5, 0.6) is 0 Å². The third-order valence-corrected chi connectivity index (χ3v) is 4.24. The van der Waals surface area contributed by atoms with E-state index in [0.717, 1.165) is 19.2 Å². The van der Waals surface area contributed by atoms with Crippen LogP contribution in [-0.2, 0) is 16.3 Å². The Labute approximate surface area is 119 Å². The minimum atomic E-state index is -3.62. The molecular weight excluding hydrogens is 280 g/mol. The molecule has 0 bridgehead atoms. The number of sulfone groups is 1. The third kappa shape index (κ3) is 4.01. The second kappa shape index (κ2) is 6.81. The molecule has 1 aromatic rings. The summed E-state index contributed by atoms with van der Waals surface area (Å²) in [6, 6.07) is 4.54. The number of likely N-dealkylation sites (N-methyl/N-ethyl adjacent to an activating group) is 1. The summed E-state index contributed by atoms with van der Waals surface area (Å²) in [5.74, 6) is 0. The predicted molar refractivity (Wildman–Crippen MR) is 77.7 cm³/mol. The van der Waals surface area contributed by atoms with Crippen molar-refractivity contribution in [3.63, 3.8) is 0 Å². The summed E-state index contributed by atoms with van der Waals surface area (Å²) >= 11 is 0. The number of hydrogen-bond acceptors (Lipinski definition) is 5. The SMILES string of the molecule is CCNC(CC)Cc1cccc(S(C)(=O)=O)c1[N+](=O)[O-]. The molecule has 0 saturated carbocycles. The van der Waals surface area contributed by atoms with Crippen molar-refractivity contribution in [2.45, 2.75) is 37.6 Å². The third-order valence-electron chi connectivity index (χ3n) is 3.12. The second-order valence-electron chi connectivity index (χ2n) is 4.66. The van der Waals surface area contributed by atoms with Crippen LogP contribution < -0.4 is 5.32 Å². The Morgan fingerprint density at radius 1 is 1.35 bits per heavy atom. The lowest BCUT2D eigenvalue weighted by Gasteiger charge is -2.16. The normalized spacial score (nSPS) is 13.2. The van der Waals surface area contributed by atoms with Gasteiger partial charge in [0, 0.05) is 17.9 Å². The van der Waals surface area contributed by atoms with Gasteiger partial charge in [0.05, 0.1) is 4.92 Å². The molecule has 1 atom stereocenters. The Morgan fingerprint density at radius 2 is 2.00 bits per heavy atom. The van der Waals surface area contributed by atoms with Gasteiger partial charge in [0.25, 0.3) is 5.69 Å². The molecule has 20 heavy (non-hydrogen) atoms. The molecule has 0 aliphatic heterocycles. The van der Waals surface area contributed by atoms with E-state index in [-0.39, 0.29) is 16.6 Å². The minimum absolute atomic E-state index is 0.0912. The van der Waals surface area contributed by atoms with Crippen molar-refractivity contribution in [2.24, 2.45) is 0 Å². The Hall–Kier alpha value is -1.47. The van der Waals surface area contributed by atoms with E-state index in [4.69, 9.17) is 0 Å². The lowest BCUT2D eigenvalue weighted by molar-refractivity contribution is -0.388. The number of rotatable bonds is 7. The minimum Gasteiger partial charge on any atom is -0.314 e. The van der Waals surface area contributed by atoms with E-state index in [1.54, 1.807) is 12.1 Å². The van der Waals surface area contributed by atoms with Gasteiger partial charge in [-0.25, -0.2) is 8.42 Å². The van der Waals surface area contributed by atoms with Gasteiger partial charge in [0.1, 0.15) is 4.90 Å². The van der Waals surface area contributed by atoms with Gasteiger partial charge in [-0.2, -0.15) is 0 Å². The average Bonchev–Trinajstić information content (AvgIpc) is 2.36. The Bertz CT molecular complexity index is 584. The largest absolute Gasteiger partial charge is 0.314 e. The fourth-order valence-corrected chi connectivity index (χ4v) is 3.04. The van der Waals surface area contributed by atoms with Gasteiger partial charge >= 0.3 is 0 Å². The number of nitro benzene ring substituents is 1. The summed E-state index contributed by atoms with van der Waals surface area (Å²) in [4.78, 5) is 10.4. The molecule has 0 heterocycles. The van der Waals surface area contributed by atoms with Crippen molar-refractivity contribution < 1.29 is 13.3 Å². The molecule has 0 aromatic heterocycles. The zero-order chi connectivity index (χ0) is 15.3. The molecule has 112 valence electrons. The molecule has 1 unspecified atom stereocenters. The van der Waals surface area contributed by atoms with Gasteiger partial charge in [-0.05, 0) is 25.5 Å². The number of nitrogens with one attached hydrogen (secondary N) is 1. The maximum atomic E-state index is 11.7. The van der Waals surface area contributed by atoms with Crippen LogP contribution >= 0.6 is 0 Å². The van der Waals surface area contributed by atoms with E-state index in [1.165, 1.54) is 6.07 Å². The highest BCUT2D eigenvalue weighted by molar-refractivity contribution is 7.90. The zero-order valence-corrected chi connectivity index (χ0v) is 12.7. The van der Waals surface area contributed by atoms with Crippen LogP contribution in [0, 0.1) is 10.1 Å². The van der Waals surface area contributed by atoms with Gasteiger partial charge < -0.3 is 5.32 Å². The molecule has 1 N–H and O–H groups in total. The van der Waals surface area contributed by atoms with Gasteiger partial charge in [0.2, 0.25) is 0 Å². The van der Waals surface area contributed by atoms with Crippen LogP contribution in [-0.4, -0.2) is 32.2 Å². The highest BCUT2D eigenvalue weighted by Gasteiger charge is 2.26. The van der Waals surface area contributed by atoms with Gasteiger partial charge in [-0.1, -0.05) is 26.0 Å². The summed E-state index contributed by atoms with van der Waals surface area (Å²) < 4.78 is 23.3. The van der Waals surface area contributed by atoms with Crippen molar-refractivity contribution in [3.05, 3.63) is 33.9 Å². The monoisotopic (exact) mass is 300 g/mol. The van der Waals surface area contributed by atoms with E-state index >= 15 is 0 Å². The molecule has 1 rings (SSSR count). The summed E-state index contributed by atoms with van der Waals surface area (Å²) in [7, 11) is -3.62. The first-order chi connectivity index (χ1) is 9.31. The first-order valence-electron chi connectivity index (χ1n) is 6.50. The number of para-hydroxylation sites is 1. The van der Waals surface area contributed by atoms with Crippen LogP contribution in [0.1, 0.15) is 25.8 Å². The summed E-state index contributed by atoms with van der Waals surface area (Å²) in [6.07, 6.45) is 2.23. The number of nitrogens with zero attached hydrogens (tertiary/aromatic N) is 1. The molecule has 1 aromatic carbocycles. The molecule has 0 spiro atoms. The quantitative estimate of drug-likeness (QED) is 0.614. The van der Waals surface area contributed by atoms with E-state index in [9.17, 15) is 18.5 Å². The standard InChI is InChI=1S/C13H20N2O4S/c1-4-11(14-5-2)9-10-7-6-8-12(20(3,18)19)13(10)15(16)17/h6-8,11,14H,4-5,9H2,1-3H3. The van der Waals surface area contributed by atoms with Crippen molar-refractivity contribution in [1.29, 1.82) is 0 Å². The summed E-state index contributed by atoms with van der Waals surface area (Å²) in [6.45, 7) is 4.71. The van der Waals surface area contributed by atoms with Crippen LogP contribution in [0.2, 0.25) is 0 Å². The van der Waals surface area contributed by atoms with Gasteiger partial charge in [-0.3, -0.25) is 10.1 Å². The molecule has 0 aliphatic carbocycles. The van der Waals surface area contributed by atoms with Crippen molar-refractivity contribution in [2.75, 3.05) is 12.8 Å². The number of benzene rings is 1. The van der Waals surface area contributed by atoms with Crippen molar-refractivity contribution >= 4 is 15.5 Å². The molecule has 6 nitrogen and oxygen atoms in total. The lowest BCUT2D eigenvalue weighted by atomic mass is 10.0. The fourth-order valence-electron chi connectivity index (χ4n) is 2.15. The van der Waals surface area contributed by atoms with E-state index in [2.05, 4.69) is 5.32 Å². The topological polar surface area (TPSA) is 89.3 Å². The van der Waals surface area contributed by atoms with Gasteiger partial charge in [-0.15, -0.1) is 0 Å². The highest BCUT2D eigenvalue weighted by Crippen LogP contribution is 2.29. The van der Waals surface area contributed by atoms with E-state index in [1.807, 2.05) is 13.8 Å². The van der Waals surface area contributed by atoms with Crippen LogP contribution in [0.15, 0.2) is 23.1 Å². The predicted octanol–water partition coefficient (Wildman–Crippen LogP) is 1.93. The smallest absolute Gasteiger partial charge is 0.291 e. The molecule has 0 saturated heterocycles. The number of nitro groups is 1. The van der Waals surface area contributed by atoms with Crippen molar-refractivity contribution in [3.8, 4) is 0 Å². The van der Waals surface area contributed by atoms with Crippen molar-refractivity contribution in [1.82, 2.24) is 5.32 Å². The summed E-state index contributed by atoms with van der Waals surface area (Å²) in [5.41, 5.74) is 0.150. The number of hydrogen-bond donors (Lipinski definition) is 1. The van der Waals surface area contributed by atoms with Crippen LogP contribution in [0.25, 0.3) is 0 Å². The molecule has 0 fully saturated rings. The molecular formula is C13H20N2O4S. The Balaban J connectivity index is 3.30. The average molecular weight is 300 g/mol. The fraction of sp³-hybridized carbons (Fsp3) is 0.538. The zero-order valence-electron chi connectivity index (χ0n) is 11.9. The van der Waals surface area contributed by atoms with E-state index in [0.29, 0.717) is 12.0 Å². The lowest BCUT2D eigenvalue weighted by Crippen LogP contribution is -2.30. The van der Waals surface area contributed by atoms with E-state index < -0.39 is 14.8 Å². The molecule has 0 aliphatic rings. The Kier molecular flexibility index (Phi) is 5.64. The first-order valence-corrected chi connectivity index (χ1v) is 8.40. The maximum Gasteiger partial charge on any atom is 0.291 e. The first kappa shape index (κ1) is 16.6. The molecule has 7 heteroatoms. The highest BCUT2D eigenvalue weighted by atomic mass is 32.2.